The molecular formula is C20H23N3O4. The SMILES string of the molecule is C[C@H](Oc1ccc([N+](=O)[O-])cc1)C(=O)N1CCN(Cc2ccccc2)CC1. The molecule has 0 aliphatic carbocycles. The highest BCUT2D eigenvalue weighted by molar-refractivity contribution is 5.81. The highest BCUT2D eigenvalue weighted by atomic mass is 16.6. The summed E-state index contributed by atoms with van der Waals surface area (Å²) in [6, 6.07) is 16.1. The summed E-state index contributed by atoms with van der Waals surface area (Å²) in [7, 11) is 0. The van der Waals surface area contributed by atoms with Crippen molar-refractivity contribution < 1.29 is 14.5 Å². The van der Waals surface area contributed by atoms with E-state index in [2.05, 4.69) is 17.0 Å². The van der Waals surface area contributed by atoms with Gasteiger partial charge in [0.1, 0.15) is 5.75 Å². The van der Waals surface area contributed by atoms with Gasteiger partial charge in [0.05, 0.1) is 4.92 Å². The minimum atomic E-state index is -0.632. The van der Waals surface area contributed by atoms with Crippen LogP contribution in [0, 0.1) is 10.1 Å². The minimum absolute atomic E-state index is 0.00383. The molecule has 0 N–H and O–H groups in total. The molecule has 1 saturated heterocycles. The van der Waals surface area contributed by atoms with Crippen LogP contribution in [0.25, 0.3) is 0 Å². The van der Waals surface area contributed by atoms with Crippen LogP contribution < -0.4 is 4.74 Å². The summed E-state index contributed by atoms with van der Waals surface area (Å²) in [5.41, 5.74) is 1.27. The molecule has 1 amide bonds. The summed E-state index contributed by atoms with van der Waals surface area (Å²) in [5, 5.41) is 10.7. The fourth-order valence-corrected chi connectivity index (χ4v) is 3.13. The zero-order valence-electron chi connectivity index (χ0n) is 15.3. The molecule has 2 aromatic carbocycles. The molecule has 2 aromatic rings. The van der Waals surface area contributed by atoms with E-state index in [0.717, 1.165) is 19.6 Å². The summed E-state index contributed by atoms with van der Waals surface area (Å²) in [6.07, 6.45) is -0.632. The molecule has 0 unspecified atom stereocenters. The van der Waals surface area contributed by atoms with Crippen molar-refractivity contribution >= 4 is 11.6 Å². The Balaban J connectivity index is 1.48. The van der Waals surface area contributed by atoms with Crippen LogP contribution in [0.5, 0.6) is 5.75 Å². The zero-order chi connectivity index (χ0) is 19.2. The Morgan fingerprint density at radius 2 is 1.70 bits per heavy atom. The molecule has 1 atom stereocenters. The molecule has 1 heterocycles. The first kappa shape index (κ1) is 18.8. The van der Waals surface area contributed by atoms with Crippen LogP contribution in [0.3, 0.4) is 0 Å². The summed E-state index contributed by atoms with van der Waals surface area (Å²) >= 11 is 0. The Kier molecular flexibility index (Phi) is 6.03. The number of nitro benzene ring substituents is 1. The van der Waals surface area contributed by atoms with Gasteiger partial charge in [-0.05, 0) is 24.6 Å². The lowest BCUT2D eigenvalue weighted by molar-refractivity contribution is -0.384. The number of ether oxygens (including phenoxy) is 1. The van der Waals surface area contributed by atoms with Crippen LogP contribution in [0.2, 0.25) is 0 Å². The van der Waals surface area contributed by atoms with E-state index in [1.165, 1.54) is 29.8 Å². The van der Waals surface area contributed by atoms with Crippen LogP contribution in [-0.4, -0.2) is 52.9 Å². The number of rotatable bonds is 6. The van der Waals surface area contributed by atoms with Gasteiger partial charge in [0, 0.05) is 44.9 Å². The largest absolute Gasteiger partial charge is 0.481 e. The van der Waals surface area contributed by atoms with Gasteiger partial charge in [-0.2, -0.15) is 0 Å². The van der Waals surface area contributed by atoms with Crippen molar-refractivity contribution in [2.75, 3.05) is 26.2 Å². The lowest BCUT2D eigenvalue weighted by Crippen LogP contribution is -2.51. The maximum absolute atomic E-state index is 12.6. The van der Waals surface area contributed by atoms with E-state index in [0.29, 0.717) is 18.8 Å². The normalized spacial score (nSPS) is 16.0. The van der Waals surface area contributed by atoms with E-state index in [4.69, 9.17) is 4.74 Å². The van der Waals surface area contributed by atoms with E-state index in [1.807, 2.05) is 23.1 Å². The summed E-state index contributed by atoms with van der Waals surface area (Å²) in [4.78, 5) is 27.0. The van der Waals surface area contributed by atoms with Gasteiger partial charge < -0.3 is 9.64 Å². The summed E-state index contributed by atoms with van der Waals surface area (Å²) < 4.78 is 5.66. The predicted molar refractivity (Wildman–Crippen MR) is 101 cm³/mol. The van der Waals surface area contributed by atoms with Crippen molar-refractivity contribution in [1.82, 2.24) is 9.80 Å². The Morgan fingerprint density at radius 3 is 2.30 bits per heavy atom. The maximum atomic E-state index is 12.6. The lowest BCUT2D eigenvalue weighted by atomic mass is 10.2. The van der Waals surface area contributed by atoms with Crippen LogP contribution >= 0.6 is 0 Å². The van der Waals surface area contributed by atoms with Gasteiger partial charge in [-0.15, -0.1) is 0 Å². The highest BCUT2D eigenvalue weighted by Gasteiger charge is 2.26. The van der Waals surface area contributed by atoms with Crippen LogP contribution in [0.15, 0.2) is 54.6 Å². The molecule has 1 aliphatic heterocycles. The maximum Gasteiger partial charge on any atom is 0.269 e. The Bertz CT molecular complexity index is 772. The first-order valence-electron chi connectivity index (χ1n) is 8.99. The molecule has 0 saturated carbocycles. The van der Waals surface area contributed by atoms with Gasteiger partial charge in [0.25, 0.3) is 11.6 Å². The molecule has 1 aliphatic rings. The topological polar surface area (TPSA) is 75.9 Å². The fraction of sp³-hybridized carbons (Fsp3) is 0.350. The number of amides is 1. The minimum Gasteiger partial charge on any atom is -0.481 e. The second-order valence-corrected chi connectivity index (χ2v) is 6.60. The molecule has 1 fully saturated rings. The molecule has 7 nitrogen and oxygen atoms in total. The average Bonchev–Trinajstić information content (AvgIpc) is 2.69. The van der Waals surface area contributed by atoms with Crippen LogP contribution in [0.4, 0.5) is 5.69 Å². The second kappa shape index (κ2) is 8.64. The van der Waals surface area contributed by atoms with Crippen molar-refractivity contribution in [3.8, 4) is 5.75 Å². The number of carbonyl (C=O) groups excluding carboxylic acids is 1. The molecule has 0 spiro atoms. The molecule has 0 bridgehead atoms. The van der Waals surface area contributed by atoms with E-state index >= 15 is 0 Å². The molecular weight excluding hydrogens is 346 g/mol. The summed E-state index contributed by atoms with van der Waals surface area (Å²) in [5.74, 6) is 0.386. The Morgan fingerprint density at radius 1 is 1.07 bits per heavy atom. The fourth-order valence-electron chi connectivity index (χ4n) is 3.13. The molecule has 27 heavy (non-hydrogen) atoms. The number of hydrogen-bond donors (Lipinski definition) is 0. The second-order valence-electron chi connectivity index (χ2n) is 6.60. The van der Waals surface area contributed by atoms with Crippen LogP contribution in [0.1, 0.15) is 12.5 Å². The number of piperazine rings is 1. The summed E-state index contributed by atoms with van der Waals surface area (Å²) in [6.45, 7) is 5.58. The number of hydrogen-bond acceptors (Lipinski definition) is 5. The molecule has 142 valence electrons. The monoisotopic (exact) mass is 369 g/mol. The standard InChI is InChI=1S/C20H23N3O4/c1-16(27-19-9-7-18(8-10-19)23(25)26)20(24)22-13-11-21(12-14-22)15-17-5-3-2-4-6-17/h2-10,16H,11-15H2,1H3/t16-/m0/s1. The van der Waals surface area contributed by atoms with Gasteiger partial charge in [-0.25, -0.2) is 0 Å². The third-order valence-corrected chi connectivity index (χ3v) is 4.64. The zero-order valence-corrected chi connectivity index (χ0v) is 15.3. The van der Waals surface area contributed by atoms with Gasteiger partial charge in [0.15, 0.2) is 6.10 Å². The van der Waals surface area contributed by atoms with E-state index in [9.17, 15) is 14.9 Å². The van der Waals surface area contributed by atoms with Crippen LogP contribution in [-0.2, 0) is 11.3 Å². The number of nitrogens with zero attached hydrogens (tertiary/aromatic N) is 3. The first-order chi connectivity index (χ1) is 13.0. The van der Waals surface area contributed by atoms with Gasteiger partial charge in [-0.3, -0.25) is 19.8 Å². The van der Waals surface area contributed by atoms with Crippen molar-refractivity contribution in [3.05, 3.63) is 70.3 Å². The quantitative estimate of drug-likeness (QED) is 0.578. The lowest BCUT2D eigenvalue weighted by Gasteiger charge is -2.35. The molecule has 3 rings (SSSR count). The third kappa shape index (κ3) is 5.04. The predicted octanol–water partition coefficient (Wildman–Crippen LogP) is 2.71. The number of carbonyl (C=O) groups is 1. The number of non-ortho nitro benzene ring substituents is 1. The van der Waals surface area contributed by atoms with E-state index < -0.39 is 11.0 Å². The van der Waals surface area contributed by atoms with Crippen molar-refractivity contribution in [3.63, 3.8) is 0 Å². The molecule has 0 radical (unpaired) electrons. The average molecular weight is 369 g/mol. The number of nitro groups is 1. The van der Waals surface area contributed by atoms with E-state index in [1.54, 1.807) is 6.92 Å². The van der Waals surface area contributed by atoms with Crippen molar-refractivity contribution in [2.45, 2.75) is 19.6 Å². The number of benzene rings is 2. The first-order valence-corrected chi connectivity index (χ1v) is 8.99. The molecule has 7 heteroatoms. The molecule has 0 aromatic heterocycles. The van der Waals surface area contributed by atoms with Gasteiger partial charge in [0.2, 0.25) is 0 Å². The van der Waals surface area contributed by atoms with Gasteiger partial charge in [-0.1, -0.05) is 30.3 Å². The highest BCUT2D eigenvalue weighted by Crippen LogP contribution is 2.19. The Hall–Kier alpha value is -2.93. The third-order valence-electron chi connectivity index (χ3n) is 4.64. The van der Waals surface area contributed by atoms with E-state index in [-0.39, 0.29) is 11.6 Å². The van der Waals surface area contributed by atoms with Crippen molar-refractivity contribution in [1.29, 1.82) is 0 Å². The Labute approximate surface area is 158 Å². The smallest absolute Gasteiger partial charge is 0.269 e. The van der Waals surface area contributed by atoms with Crippen molar-refractivity contribution in [2.24, 2.45) is 0 Å². The van der Waals surface area contributed by atoms with Gasteiger partial charge >= 0.3 is 0 Å².